The Kier molecular flexibility index (Phi) is 6.27. The van der Waals surface area contributed by atoms with E-state index in [2.05, 4.69) is 20.9 Å². The van der Waals surface area contributed by atoms with Crippen LogP contribution >= 0.6 is 0 Å². The van der Waals surface area contributed by atoms with Crippen LogP contribution < -0.4 is 20.9 Å². The smallest absolute Gasteiger partial charge is 0.243 e. The molecule has 0 saturated carbocycles. The Morgan fingerprint density at radius 2 is 1.59 bits per heavy atom. The van der Waals surface area contributed by atoms with Gasteiger partial charge in [-0.25, -0.2) is 0 Å². The van der Waals surface area contributed by atoms with Crippen molar-refractivity contribution in [2.45, 2.75) is 6.92 Å². The Hall–Kier alpha value is -3.06. The van der Waals surface area contributed by atoms with Crippen LogP contribution in [0.15, 0.2) is 48.5 Å². The number of rotatable bonds is 6. The average Bonchev–Trinajstić information content (AvgIpc) is 2.68. The predicted molar refractivity (Wildman–Crippen MR) is 107 cm³/mol. The zero-order valence-electron chi connectivity index (χ0n) is 15.3. The fourth-order valence-electron chi connectivity index (χ4n) is 2.92. The van der Waals surface area contributed by atoms with Gasteiger partial charge in [0.1, 0.15) is 0 Å². The van der Waals surface area contributed by atoms with Crippen LogP contribution in [-0.4, -0.2) is 44.7 Å². The van der Waals surface area contributed by atoms with Gasteiger partial charge in [-0.3, -0.25) is 9.59 Å². The molecule has 3 rings (SSSR count). The standard InChI is InChI=1S/C20H24N4O3/c1-15(25)22-16-6-8-17(9-7-16)23-20(26)14-21-18-4-2-3-5-19(18)24-10-12-27-13-11-24/h2-9,21H,10-14H2,1H3,(H,22,25)(H,23,26). The van der Waals surface area contributed by atoms with Crippen LogP contribution in [0.1, 0.15) is 6.92 Å². The Morgan fingerprint density at radius 3 is 2.26 bits per heavy atom. The minimum absolute atomic E-state index is 0.130. The maximum absolute atomic E-state index is 12.3. The predicted octanol–water partition coefficient (Wildman–Crippen LogP) is 2.53. The number of nitrogens with zero attached hydrogens (tertiary/aromatic N) is 1. The van der Waals surface area contributed by atoms with Gasteiger partial charge in [0.2, 0.25) is 11.8 Å². The summed E-state index contributed by atoms with van der Waals surface area (Å²) in [6, 6.07) is 15.0. The molecule has 0 unspecified atom stereocenters. The van der Waals surface area contributed by atoms with Gasteiger partial charge >= 0.3 is 0 Å². The third-order valence-corrected chi connectivity index (χ3v) is 4.18. The number of anilines is 4. The lowest BCUT2D eigenvalue weighted by Gasteiger charge is -2.30. The van der Waals surface area contributed by atoms with Gasteiger partial charge in [-0.2, -0.15) is 0 Å². The zero-order chi connectivity index (χ0) is 19.1. The molecule has 1 aliphatic rings. The molecule has 142 valence electrons. The zero-order valence-corrected chi connectivity index (χ0v) is 15.3. The van der Waals surface area contributed by atoms with Crippen molar-refractivity contribution in [1.29, 1.82) is 0 Å². The van der Waals surface area contributed by atoms with Gasteiger partial charge in [0.15, 0.2) is 0 Å². The van der Waals surface area contributed by atoms with E-state index in [9.17, 15) is 9.59 Å². The molecule has 2 aromatic rings. The van der Waals surface area contributed by atoms with Crippen molar-refractivity contribution >= 4 is 34.6 Å². The summed E-state index contributed by atoms with van der Waals surface area (Å²) in [6.07, 6.45) is 0. The summed E-state index contributed by atoms with van der Waals surface area (Å²) >= 11 is 0. The summed E-state index contributed by atoms with van der Waals surface area (Å²) in [6.45, 7) is 4.72. The van der Waals surface area contributed by atoms with Crippen molar-refractivity contribution in [3.8, 4) is 0 Å². The third kappa shape index (κ3) is 5.46. The second-order valence-corrected chi connectivity index (χ2v) is 6.28. The largest absolute Gasteiger partial charge is 0.378 e. The number of nitrogens with one attached hydrogen (secondary N) is 3. The summed E-state index contributed by atoms with van der Waals surface area (Å²) in [5.41, 5.74) is 3.37. The number of carbonyl (C=O) groups is 2. The highest BCUT2D eigenvalue weighted by molar-refractivity contribution is 5.95. The van der Waals surface area contributed by atoms with Crippen molar-refractivity contribution < 1.29 is 14.3 Å². The van der Waals surface area contributed by atoms with E-state index in [-0.39, 0.29) is 18.4 Å². The molecule has 3 N–H and O–H groups in total. The SMILES string of the molecule is CC(=O)Nc1ccc(NC(=O)CNc2ccccc2N2CCOCC2)cc1. The monoisotopic (exact) mass is 368 g/mol. The van der Waals surface area contributed by atoms with Crippen LogP contribution in [0.4, 0.5) is 22.7 Å². The van der Waals surface area contributed by atoms with E-state index >= 15 is 0 Å². The van der Waals surface area contributed by atoms with E-state index in [1.807, 2.05) is 24.3 Å². The number of ether oxygens (including phenoxy) is 1. The van der Waals surface area contributed by atoms with Gasteiger partial charge in [0.25, 0.3) is 0 Å². The van der Waals surface area contributed by atoms with E-state index in [1.54, 1.807) is 24.3 Å². The van der Waals surface area contributed by atoms with Crippen molar-refractivity contribution in [1.82, 2.24) is 0 Å². The second-order valence-electron chi connectivity index (χ2n) is 6.28. The molecule has 27 heavy (non-hydrogen) atoms. The molecule has 1 aliphatic heterocycles. The molecule has 1 saturated heterocycles. The van der Waals surface area contributed by atoms with Crippen LogP contribution in [0.25, 0.3) is 0 Å². The molecule has 7 nitrogen and oxygen atoms in total. The average molecular weight is 368 g/mol. The van der Waals surface area contributed by atoms with Gasteiger partial charge in [0, 0.05) is 31.4 Å². The number of amides is 2. The number of hydrogen-bond donors (Lipinski definition) is 3. The van der Waals surface area contributed by atoms with Crippen molar-refractivity contribution in [2.24, 2.45) is 0 Å². The Bertz CT molecular complexity index is 786. The third-order valence-electron chi connectivity index (χ3n) is 4.18. The Balaban J connectivity index is 1.55. The minimum atomic E-state index is -0.140. The lowest BCUT2D eigenvalue weighted by molar-refractivity contribution is -0.115. The highest BCUT2D eigenvalue weighted by atomic mass is 16.5. The fraction of sp³-hybridized carbons (Fsp3) is 0.300. The Morgan fingerprint density at radius 1 is 0.963 bits per heavy atom. The first-order valence-electron chi connectivity index (χ1n) is 8.95. The summed E-state index contributed by atoms with van der Waals surface area (Å²) in [5.74, 6) is -0.269. The van der Waals surface area contributed by atoms with Crippen LogP contribution in [-0.2, 0) is 14.3 Å². The van der Waals surface area contributed by atoms with Gasteiger partial charge in [0.05, 0.1) is 31.1 Å². The van der Waals surface area contributed by atoms with Crippen LogP contribution in [0.3, 0.4) is 0 Å². The summed E-state index contributed by atoms with van der Waals surface area (Å²) in [5, 5.41) is 8.75. The van der Waals surface area contributed by atoms with Gasteiger partial charge < -0.3 is 25.6 Å². The van der Waals surface area contributed by atoms with Crippen molar-refractivity contribution in [3.05, 3.63) is 48.5 Å². The number of morpholine rings is 1. The number of para-hydroxylation sites is 2. The lowest BCUT2D eigenvalue weighted by Crippen LogP contribution is -2.36. The first kappa shape index (κ1) is 18.7. The second kappa shape index (κ2) is 9.05. The van der Waals surface area contributed by atoms with Gasteiger partial charge in [-0.15, -0.1) is 0 Å². The molecule has 0 atom stereocenters. The van der Waals surface area contributed by atoms with Gasteiger partial charge in [-0.05, 0) is 36.4 Å². The molecule has 2 aromatic carbocycles. The van der Waals surface area contributed by atoms with E-state index < -0.39 is 0 Å². The highest BCUT2D eigenvalue weighted by Gasteiger charge is 2.14. The molecule has 0 aliphatic carbocycles. The van der Waals surface area contributed by atoms with Crippen LogP contribution in [0, 0.1) is 0 Å². The minimum Gasteiger partial charge on any atom is -0.378 e. The maximum Gasteiger partial charge on any atom is 0.243 e. The van der Waals surface area contributed by atoms with E-state index in [1.165, 1.54) is 6.92 Å². The van der Waals surface area contributed by atoms with E-state index in [0.29, 0.717) is 24.6 Å². The van der Waals surface area contributed by atoms with Crippen LogP contribution in [0.5, 0.6) is 0 Å². The quantitative estimate of drug-likeness (QED) is 0.730. The van der Waals surface area contributed by atoms with E-state index in [4.69, 9.17) is 4.74 Å². The van der Waals surface area contributed by atoms with Crippen LogP contribution in [0.2, 0.25) is 0 Å². The topological polar surface area (TPSA) is 82.7 Å². The Labute approximate surface area is 158 Å². The fourth-order valence-corrected chi connectivity index (χ4v) is 2.92. The highest BCUT2D eigenvalue weighted by Crippen LogP contribution is 2.26. The molecule has 0 spiro atoms. The molecule has 1 fully saturated rings. The molecule has 0 radical (unpaired) electrons. The number of benzene rings is 2. The first-order valence-corrected chi connectivity index (χ1v) is 8.95. The molecule has 2 amide bonds. The molecular formula is C20H24N4O3. The van der Waals surface area contributed by atoms with E-state index in [0.717, 1.165) is 24.5 Å². The molecular weight excluding hydrogens is 344 g/mol. The van der Waals surface area contributed by atoms with Gasteiger partial charge in [-0.1, -0.05) is 12.1 Å². The van der Waals surface area contributed by atoms with Crippen molar-refractivity contribution in [3.63, 3.8) is 0 Å². The summed E-state index contributed by atoms with van der Waals surface area (Å²) < 4.78 is 5.41. The summed E-state index contributed by atoms with van der Waals surface area (Å²) in [4.78, 5) is 25.6. The molecule has 7 heteroatoms. The normalized spacial score (nSPS) is 13.7. The summed E-state index contributed by atoms with van der Waals surface area (Å²) in [7, 11) is 0. The number of hydrogen-bond acceptors (Lipinski definition) is 5. The number of carbonyl (C=O) groups excluding carboxylic acids is 2. The lowest BCUT2D eigenvalue weighted by atomic mass is 10.2. The van der Waals surface area contributed by atoms with Crippen molar-refractivity contribution in [2.75, 3.05) is 53.7 Å². The molecule has 0 aromatic heterocycles. The maximum atomic E-state index is 12.3. The first-order chi connectivity index (χ1) is 13.1. The molecule has 1 heterocycles. The molecule has 0 bridgehead atoms.